The molecule has 1 aliphatic heterocycles. The fraction of sp³-hybridized carbons (Fsp3) is 0.423. The molecule has 1 spiro atoms. The maximum absolute atomic E-state index is 13.9. The molecule has 2 aromatic carbocycles. The Morgan fingerprint density at radius 2 is 1.77 bits per heavy atom. The molecule has 1 saturated carbocycles. The molecule has 2 heterocycles. The largest absolute Gasteiger partial charge is 0.416 e. The smallest absolute Gasteiger partial charge is 0.379 e. The molecule has 0 radical (unpaired) electrons. The molecule has 1 amide bonds. The molecule has 0 bridgehead atoms. The van der Waals surface area contributed by atoms with Crippen LogP contribution < -0.4 is 10.9 Å². The number of nitrogens with one attached hydrogen (secondary N) is 2. The minimum absolute atomic E-state index is 0.00251. The average Bonchev–Trinajstić information content (AvgIpc) is 3.57. The number of likely N-dealkylation sites (tertiary alicyclic amines) is 1. The number of hydrogen-bond acceptors (Lipinski definition) is 4. The minimum Gasteiger partial charge on any atom is -0.379 e. The lowest BCUT2D eigenvalue weighted by molar-refractivity contribution is -0.138. The van der Waals surface area contributed by atoms with Crippen molar-refractivity contribution >= 4 is 22.5 Å². The second kappa shape index (κ2) is 8.39. The summed E-state index contributed by atoms with van der Waals surface area (Å²) in [6, 6.07) is 8.21. The van der Waals surface area contributed by atoms with Crippen molar-refractivity contribution < 1.29 is 18.0 Å². The Hall–Kier alpha value is -3.36. The van der Waals surface area contributed by atoms with Crippen LogP contribution in [0.15, 0.2) is 41.2 Å². The van der Waals surface area contributed by atoms with Crippen LogP contribution in [-0.4, -0.2) is 33.9 Å². The van der Waals surface area contributed by atoms with Gasteiger partial charge in [0.25, 0.3) is 11.5 Å². The van der Waals surface area contributed by atoms with E-state index in [0.29, 0.717) is 16.7 Å². The number of fused-ring (bicyclic) bond motifs is 1. The van der Waals surface area contributed by atoms with Gasteiger partial charge in [-0.15, -0.1) is 0 Å². The van der Waals surface area contributed by atoms with Crippen LogP contribution in [0.5, 0.6) is 0 Å². The number of H-pyrrole nitrogens is 1. The Morgan fingerprint density at radius 1 is 1.11 bits per heavy atom. The molecule has 6 nitrogen and oxygen atoms in total. The Labute approximate surface area is 200 Å². The van der Waals surface area contributed by atoms with Crippen LogP contribution >= 0.6 is 0 Å². The van der Waals surface area contributed by atoms with Gasteiger partial charge >= 0.3 is 6.18 Å². The number of aromatic amines is 1. The van der Waals surface area contributed by atoms with Crippen molar-refractivity contribution in [1.82, 2.24) is 14.9 Å². The number of carbonyl (C=O) groups excluding carboxylic acids is 1. The van der Waals surface area contributed by atoms with Gasteiger partial charge in [-0.1, -0.05) is 0 Å². The van der Waals surface area contributed by atoms with Crippen molar-refractivity contribution in [3.8, 4) is 0 Å². The van der Waals surface area contributed by atoms with E-state index in [1.807, 2.05) is 4.90 Å². The van der Waals surface area contributed by atoms with E-state index in [4.69, 9.17) is 0 Å². The first-order valence-corrected chi connectivity index (χ1v) is 11.8. The Kier molecular flexibility index (Phi) is 5.61. The average molecular weight is 485 g/mol. The molecule has 2 N–H and O–H groups in total. The monoisotopic (exact) mass is 484 g/mol. The minimum atomic E-state index is -4.61. The summed E-state index contributed by atoms with van der Waals surface area (Å²) in [6.45, 7) is 4.67. The lowest BCUT2D eigenvalue weighted by Crippen LogP contribution is -2.39. The topological polar surface area (TPSA) is 78.1 Å². The van der Waals surface area contributed by atoms with Gasteiger partial charge in [0.2, 0.25) is 0 Å². The standard InChI is InChI=1S/C26H27F3N4O2/c1-15(19-13-20-22(14-21(19)26(27,28)29)31-16(2)32-23(20)34)30-18-5-3-17(4-6-18)24(35)33-11-9-25(7-8-25)10-12-33/h3-6,13-15,30H,7-12H2,1-2H3,(H,31,32,34). The fourth-order valence-corrected chi connectivity index (χ4v) is 5.00. The number of aryl methyl sites for hydroxylation is 1. The van der Waals surface area contributed by atoms with Crippen molar-refractivity contribution in [1.29, 1.82) is 0 Å². The molecule has 1 unspecified atom stereocenters. The number of alkyl halides is 3. The van der Waals surface area contributed by atoms with E-state index in [1.54, 1.807) is 31.2 Å². The number of hydrogen-bond donors (Lipinski definition) is 2. The third-order valence-corrected chi connectivity index (χ3v) is 7.35. The number of anilines is 1. The molecular weight excluding hydrogens is 457 g/mol. The summed E-state index contributed by atoms with van der Waals surface area (Å²) < 4.78 is 41.6. The van der Waals surface area contributed by atoms with Gasteiger partial charge in [-0.3, -0.25) is 9.59 Å². The van der Waals surface area contributed by atoms with Gasteiger partial charge in [0, 0.05) is 30.4 Å². The van der Waals surface area contributed by atoms with Gasteiger partial charge in [0.05, 0.1) is 16.5 Å². The van der Waals surface area contributed by atoms with Crippen LogP contribution in [0.3, 0.4) is 0 Å². The van der Waals surface area contributed by atoms with E-state index in [1.165, 1.54) is 25.8 Å². The third kappa shape index (κ3) is 4.63. The number of nitrogens with zero attached hydrogens (tertiary/aromatic N) is 2. The van der Waals surface area contributed by atoms with Crippen molar-refractivity contribution in [2.75, 3.05) is 18.4 Å². The highest BCUT2D eigenvalue weighted by Crippen LogP contribution is 2.53. The molecule has 2 fully saturated rings. The Bertz CT molecular complexity index is 1330. The predicted octanol–water partition coefficient (Wildman–Crippen LogP) is 5.44. The highest BCUT2D eigenvalue weighted by Gasteiger charge is 2.45. The van der Waals surface area contributed by atoms with Gasteiger partial charge in [0.1, 0.15) is 5.82 Å². The zero-order valence-corrected chi connectivity index (χ0v) is 19.6. The molecule has 3 aromatic rings. The van der Waals surface area contributed by atoms with Crippen LogP contribution in [0, 0.1) is 12.3 Å². The van der Waals surface area contributed by atoms with Crippen LogP contribution in [0.2, 0.25) is 0 Å². The number of halogens is 3. The van der Waals surface area contributed by atoms with E-state index in [-0.39, 0.29) is 28.2 Å². The van der Waals surface area contributed by atoms with E-state index in [2.05, 4.69) is 15.3 Å². The van der Waals surface area contributed by atoms with Gasteiger partial charge in [0.15, 0.2) is 0 Å². The lowest BCUT2D eigenvalue weighted by Gasteiger charge is -2.32. The highest BCUT2D eigenvalue weighted by atomic mass is 19.4. The second-order valence-corrected chi connectivity index (χ2v) is 9.84. The molecule has 2 aliphatic rings. The normalized spacial score (nSPS) is 18.0. The molecule has 1 saturated heterocycles. The molecule has 5 rings (SSSR count). The summed E-state index contributed by atoms with van der Waals surface area (Å²) in [7, 11) is 0. The molecule has 184 valence electrons. The fourth-order valence-electron chi connectivity index (χ4n) is 5.00. The van der Waals surface area contributed by atoms with Gasteiger partial charge in [-0.25, -0.2) is 4.98 Å². The van der Waals surface area contributed by atoms with Crippen molar-refractivity contribution in [2.24, 2.45) is 5.41 Å². The lowest BCUT2D eigenvalue weighted by atomic mass is 9.93. The zero-order chi connectivity index (χ0) is 25.0. The summed E-state index contributed by atoms with van der Waals surface area (Å²) in [5.74, 6) is 0.233. The molecule has 9 heteroatoms. The second-order valence-electron chi connectivity index (χ2n) is 9.84. The summed E-state index contributed by atoms with van der Waals surface area (Å²) in [4.78, 5) is 33.7. The number of carbonyl (C=O) groups is 1. The van der Waals surface area contributed by atoms with Crippen LogP contribution in [-0.2, 0) is 6.18 Å². The first-order valence-electron chi connectivity index (χ1n) is 11.8. The Balaban J connectivity index is 1.36. The van der Waals surface area contributed by atoms with Gasteiger partial charge < -0.3 is 15.2 Å². The number of aromatic nitrogens is 2. The van der Waals surface area contributed by atoms with E-state index < -0.39 is 23.3 Å². The van der Waals surface area contributed by atoms with Crippen molar-refractivity contribution in [3.63, 3.8) is 0 Å². The number of rotatable bonds is 4. The van der Waals surface area contributed by atoms with Crippen molar-refractivity contribution in [3.05, 3.63) is 69.3 Å². The maximum atomic E-state index is 13.9. The summed E-state index contributed by atoms with van der Waals surface area (Å²) >= 11 is 0. The van der Waals surface area contributed by atoms with Crippen LogP contribution in [0.25, 0.3) is 10.9 Å². The quantitative estimate of drug-likeness (QED) is 0.517. The van der Waals surface area contributed by atoms with E-state index in [0.717, 1.165) is 32.0 Å². The number of piperidine rings is 1. The first-order chi connectivity index (χ1) is 16.5. The molecule has 1 aromatic heterocycles. The molecular formula is C26H27F3N4O2. The molecule has 35 heavy (non-hydrogen) atoms. The zero-order valence-electron chi connectivity index (χ0n) is 19.6. The van der Waals surface area contributed by atoms with Crippen LogP contribution in [0.1, 0.15) is 66.0 Å². The predicted molar refractivity (Wildman–Crippen MR) is 127 cm³/mol. The summed E-state index contributed by atoms with van der Waals surface area (Å²) in [5, 5.41) is 3.17. The summed E-state index contributed by atoms with van der Waals surface area (Å²) in [6.07, 6.45) is 0.0421. The van der Waals surface area contributed by atoms with Crippen molar-refractivity contribution in [2.45, 2.75) is 51.7 Å². The number of benzene rings is 2. The first kappa shape index (κ1) is 23.4. The third-order valence-electron chi connectivity index (χ3n) is 7.35. The molecule has 1 atom stereocenters. The van der Waals surface area contributed by atoms with Gasteiger partial charge in [-0.2, -0.15) is 13.2 Å². The molecule has 1 aliphatic carbocycles. The summed E-state index contributed by atoms with van der Waals surface area (Å²) in [5.41, 5.74) is 0.249. The highest BCUT2D eigenvalue weighted by molar-refractivity contribution is 5.94. The SMILES string of the molecule is Cc1nc2cc(C(F)(F)F)c(C(C)Nc3ccc(C(=O)N4CCC5(CC4)CC5)cc3)cc2c(=O)[nH]1. The van der Waals surface area contributed by atoms with E-state index in [9.17, 15) is 22.8 Å². The Morgan fingerprint density at radius 3 is 2.37 bits per heavy atom. The maximum Gasteiger partial charge on any atom is 0.416 e. The van der Waals surface area contributed by atoms with E-state index >= 15 is 0 Å². The van der Waals surface area contributed by atoms with Crippen LogP contribution in [0.4, 0.5) is 18.9 Å². The number of amides is 1. The van der Waals surface area contributed by atoms with Gasteiger partial charge in [-0.05, 0) is 86.9 Å².